The van der Waals surface area contributed by atoms with Crippen LogP contribution in [0.3, 0.4) is 0 Å². The van der Waals surface area contributed by atoms with Crippen LogP contribution in [-0.4, -0.2) is 202 Å². The number of ether oxygens (including phenoxy) is 9. The Morgan fingerprint density at radius 3 is 1.62 bits per heavy atom. The van der Waals surface area contributed by atoms with Crippen molar-refractivity contribution in [2.75, 3.05) is 19.8 Å². The van der Waals surface area contributed by atoms with E-state index in [1.165, 1.54) is 66.7 Å². The third kappa shape index (κ3) is 14.4. The SMILES string of the molecule is O=C(O)CC(=O)OC[C@H]1O[C@@H](Oc2cc(=O)cc3oc(-c4ccc(O)cc4)c(O[C@@H]4O[C@H](COC(=O)C=Cc5ccc(O)cc5)[C@@H](O)[C@H](O)[C@H]4O[C@@H]4O[C@H](COC(=O)C=Cc5ccc(O)c(O)c5)[C@@H](O)[C@H](O)[C@H]4O)cc2-3)[C@H](O)[C@@H](O)[C@@H]1O. The molecule has 0 spiro atoms. The molecule has 3 aromatic rings. The highest BCUT2D eigenvalue weighted by atomic mass is 16.8. The summed E-state index contributed by atoms with van der Waals surface area (Å²) in [4.78, 5) is 62.0. The van der Waals surface area contributed by atoms with Crippen LogP contribution in [0.15, 0.2) is 106 Å². The van der Waals surface area contributed by atoms with Crippen LogP contribution in [-0.2, 0) is 52.3 Å². The van der Waals surface area contributed by atoms with Crippen LogP contribution < -0.4 is 14.9 Å². The third-order valence-corrected chi connectivity index (χ3v) is 12.9. The Morgan fingerprint density at radius 2 is 1.02 bits per heavy atom. The zero-order valence-electron chi connectivity index (χ0n) is 42.3. The zero-order valence-corrected chi connectivity index (χ0v) is 42.3. The first-order valence-corrected chi connectivity index (χ1v) is 24.7. The lowest BCUT2D eigenvalue weighted by Crippen LogP contribution is -2.65. The van der Waals surface area contributed by atoms with E-state index in [2.05, 4.69) is 0 Å². The van der Waals surface area contributed by atoms with E-state index >= 15 is 0 Å². The Balaban J connectivity index is 1.12. The van der Waals surface area contributed by atoms with Gasteiger partial charge in [0.15, 0.2) is 40.8 Å². The van der Waals surface area contributed by atoms with Crippen molar-refractivity contribution in [2.45, 2.75) is 98.5 Å². The molecule has 82 heavy (non-hydrogen) atoms. The van der Waals surface area contributed by atoms with E-state index in [1.807, 2.05) is 0 Å². The number of phenolic OH excluding ortho intramolecular Hbond substituents is 4. The average Bonchev–Trinajstić information content (AvgIpc) is 3.64. The van der Waals surface area contributed by atoms with Gasteiger partial charge in [0.05, 0.1) is 5.56 Å². The van der Waals surface area contributed by atoms with E-state index in [1.54, 1.807) is 0 Å². The average molecular weight is 1150 g/mol. The van der Waals surface area contributed by atoms with Crippen molar-refractivity contribution in [3.8, 4) is 57.1 Å². The van der Waals surface area contributed by atoms with Gasteiger partial charge in [0.1, 0.15) is 116 Å². The highest BCUT2D eigenvalue weighted by Crippen LogP contribution is 2.44. The number of aliphatic hydroxyl groups is 8. The van der Waals surface area contributed by atoms with Gasteiger partial charge in [-0.05, 0) is 77.9 Å². The second kappa shape index (κ2) is 26.1. The monoisotopic (exact) mass is 1150 g/mol. The summed E-state index contributed by atoms with van der Waals surface area (Å²) >= 11 is 0. The minimum absolute atomic E-state index is 0.0390. The number of esters is 3. The van der Waals surface area contributed by atoms with Crippen molar-refractivity contribution in [1.82, 2.24) is 0 Å². The van der Waals surface area contributed by atoms with E-state index < -0.39 is 171 Å². The van der Waals surface area contributed by atoms with Gasteiger partial charge in [0.2, 0.25) is 12.6 Å². The Morgan fingerprint density at radius 1 is 0.512 bits per heavy atom. The van der Waals surface area contributed by atoms with Crippen LogP contribution in [0.2, 0.25) is 0 Å². The van der Waals surface area contributed by atoms with Gasteiger partial charge in [0.25, 0.3) is 0 Å². The molecule has 15 atom stereocenters. The van der Waals surface area contributed by atoms with Crippen molar-refractivity contribution < 1.29 is 133 Å². The standard InChI is InChI=1S/C54H54O28/c55-26-8-1-23(2-9-26)4-13-39(62)74-21-37-44(67)47(70)51(82-53-49(72)46(69)42(65)35(80-53)20-73-40(63)14-5-24-3-12-30(58)31(59)15-24)54(81-37)78-34-18-29-32(76-50(34)25-6-10-27(56)11-7-25)16-28(57)17-33(29)77-52-48(71)45(68)43(66)36(79-52)22-75-41(64)19-38(60)61/h1-18,35-37,42-49,51-56,58-59,65-72H,19-22H2,(H,60,61)/t35-,36-,37-,42-,43-,44-,45+,46+,47+,48-,49-,51-,52-,53+,54-/m1/s1. The van der Waals surface area contributed by atoms with Gasteiger partial charge in [-0.15, -0.1) is 0 Å². The molecule has 3 saturated heterocycles. The summed E-state index contributed by atoms with van der Waals surface area (Å²) in [6.07, 6.45) is -26.2. The Bertz CT molecular complexity index is 3140. The summed E-state index contributed by atoms with van der Waals surface area (Å²) in [5, 5.41) is 137. The molecule has 0 radical (unpaired) electrons. The van der Waals surface area contributed by atoms with Crippen LogP contribution in [0.5, 0.6) is 34.5 Å². The topological polar surface area (TPSA) is 445 Å². The summed E-state index contributed by atoms with van der Waals surface area (Å²) in [5.41, 5.74) is -0.0995. The molecular weight excluding hydrogens is 1100 g/mol. The lowest BCUT2D eigenvalue weighted by molar-refractivity contribution is -0.358. The molecule has 4 heterocycles. The number of aromatic hydroxyl groups is 4. The van der Waals surface area contributed by atoms with E-state index in [4.69, 9.17) is 52.2 Å². The number of aliphatic carboxylic acids is 1. The van der Waals surface area contributed by atoms with E-state index in [0.29, 0.717) is 5.56 Å². The number of carbonyl (C=O) groups excluding carboxylic acids is 3. The first kappa shape index (κ1) is 59.9. The molecule has 0 bridgehead atoms. The fourth-order valence-electron chi connectivity index (χ4n) is 8.50. The number of aliphatic hydroxyl groups excluding tert-OH is 8. The van der Waals surface area contributed by atoms with Crippen LogP contribution >= 0.6 is 0 Å². The highest BCUT2D eigenvalue weighted by molar-refractivity contribution is 5.90. The normalized spacial score (nSPS) is 28.4. The molecule has 0 aromatic heterocycles. The largest absolute Gasteiger partial charge is 0.508 e. The summed E-state index contributed by atoms with van der Waals surface area (Å²) in [6, 6.07) is 17.6. The van der Waals surface area contributed by atoms with Crippen LogP contribution in [0, 0.1) is 0 Å². The molecule has 8 rings (SSSR count). The quantitative estimate of drug-likeness (QED) is 0.0155. The summed E-state index contributed by atoms with van der Waals surface area (Å²) in [7, 11) is 0. The molecule has 3 aromatic carbocycles. The molecule has 438 valence electrons. The van der Waals surface area contributed by atoms with E-state index in [0.717, 1.165) is 42.5 Å². The van der Waals surface area contributed by atoms with Crippen LogP contribution in [0.25, 0.3) is 34.8 Å². The number of carboxylic acid groups (broad SMARTS) is 1. The van der Waals surface area contributed by atoms with Crippen molar-refractivity contribution >= 4 is 36.0 Å². The summed E-state index contributed by atoms with van der Waals surface area (Å²) in [5.74, 6) is -7.35. The maximum absolute atomic E-state index is 13.3. The number of rotatable bonds is 19. The molecule has 0 saturated carbocycles. The highest BCUT2D eigenvalue weighted by Gasteiger charge is 2.53. The predicted molar refractivity (Wildman–Crippen MR) is 270 cm³/mol. The molecule has 0 unspecified atom stereocenters. The number of hydrogen-bond donors (Lipinski definition) is 13. The maximum atomic E-state index is 13.3. The lowest BCUT2D eigenvalue weighted by Gasteiger charge is -2.46. The van der Waals surface area contributed by atoms with Gasteiger partial charge in [-0.2, -0.15) is 0 Å². The Labute approximate surface area is 461 Å². The summed E-state index contributed by atoms with van der Waals surface area (Å²) in [6.45, 7) is -2.44. The minimum Gasteiger partial charge on any atom is -0.508 e. The van der Waals surface area contributed by atoms with Gasteiger partial charge in [-0.3, -0.25) is 14.4 Å². The molecule has 4 aliphatic heterocycles. The molecule has 28 nitrogen and oxygen atoms in total. The molecule has 13 N–H and O–H groups in total. The Hall–Kier alpha value is -8.23. The minimum atomic E-state index is -2.17. The van der Waals surface area contributed by atoms with Gasteiger partial charge >= 0.3 is 23.9 Å². The fourth-order valence-corrected chi connectivity index (χ4v) is 8.50. The second-order valence-electron chi connectivity index (χ2n) is 18.7. The first-order chi connectivity index (χ1) is 39.0. The molecule has 1 aliphatic carbocycles. The van der Waals surface area contributed by atoms with Crippen molar-refractivity contribution in [3.63, 3.8) is 0 Å². The zero-order chi connectivity index (χ0) is 59.1. The molecule has 0 amide bonds. The lowest BCUT2D eigenvalue weighted by atomic mass is 9.97. The smallest absolute Gasteiger partial charge is 0.330 e. The molecule has 28 heteroatoms. The number of carboxylic acids is 1. The van der Waals surface area contributed by atoms with Crippen molar-refractivity contribution in [2.24, 2.45) is 0 Å². The van der Waals surface area contributed by atoms with Gasteiger partial charge in [-0.25, -0.2) is 9.59 Å². The number of benzene rings is 4. The Kier molecular flexibility index (Phi) is 19.1. The van der Waals surface area contributed by atoms with E-state index in [-0.39, 0.29) is 39.7 Å². The molecule has 5 aliphatic rings. The van der Waals surface area contributed by atoms with Gasteiger partial charge < -0.3 is 113 Å². The first-order valence-electron chi connectivity index (χ1n) is 24.7. The summed E-state index contributed by atoms with van der Waals surface area (Å²) < 4.78 is 57.6. The van der Waals surface area contributed by atoms with Crippen molar-refractivity contribution in [1.29, 1.82) is 0 Å². The number of hydrogen-bond acceptors (Lipinski definition) is 27. The number of phenols is 4. The fraction of sp³-hybridized carbons (Fsp3) is 0.352. The van der Waals surface area contributed by atoms with E-state index in [9.17, 15) is 85.3 Å². The third-order valence-electron chi connectivity index (χ3n) is 12.9. The maximum Gasteiger partial charge on any atom is 0.330 e. The van der Waals surface area contributed by atoms with Crippen molar-refractivity contribution in [3.05, 3.63) is 118 Å². The van der Waals surface area contributed by atoms with Crippen LogP contribution in [0.4, 0.5) is 0 Å². The van der Waals surface area contributed by atoms with Gasteiger partial charge in [-0.1, -0.05) is 18.2 Å². The predicted octanol–water partition coefficient (Wildman–Crippen LogP) is -1.03. The molecule has 3 fully saturated rings. The number of carbonyl (C=O) groups is 4. The van der Waals surface area contributed by atoms with Crippen LogP contribution in [0.1, 0.15) is 17.5 Å². The number of fused-ring (bicyclic) bond motifs is 1. The molecular formula is C54H54O28. The second-order valence-corrected chi connectivity index (χ2v) is 18.7. The van der Waals surface area contributed by atoms with Gasteiger partial charge in [0, 0.05) is 29.8 Å².